The Hall–Kier alpha value is -3.49. The molecule has 3 aliphatic rings. The van der Waals surface area contributed by atoms with Crippen LogP contribution in [0.5, 0.6) is 0 Å². The second-order valence-electron chi connectivity index (χ2n) is 8.91. The average molecular weight is 438 g/mol. The lowest BCUT2D eigenvalue weighted by Crippen LogP contribution is -2.46. The maximum Gasteiger partial charge on any atom is 0.416 e. The van der Waals surface area contributed by atoms with Gasteiger partial charge in [-0.3, -0.25) is 9.89 Å². The molecule has 1 amide bonds. The van der Waals surface area contributed by atoms with Gasteiger partial charge in [0.2, 0.25) is 0 Å². The van der Waals surface area contributed by atoms with Gasteiger partial charge in [-0.1, -0.05) is 12.1 Å². The summed E-state index contributed by atoms with van der Waals surface area (Å²) in [5.41, 5.74) is 0.926. The normalized spacial score (nSPS) is 21.9. The number of carbonyl (C=O) groups excluding carboxylic acids is 3. The molecule has 168 valence electrons. The molecule has 0 aromatic heterocycles. The molecular formula is C23H26N4O5. The Morgan fingerprint density at radius 3 is 2.62 bits per heavy atom. The van der Waals surface area contributed by atoms with E-state index in [0.29, 0.717) is 22.7 Å². The summed E-state index contributed by atoms with van der Waals surface area (Å²) in [6.45, 7) is 5.45. The summed E-state index contributed by atoms with van der Waals surface area (Å²) in [7, 11) is 1.32. The predicted octanol–water partition coefficient (Wildman–Crippen LogP) is 2.96. The van der Waals surface area contributed by atoms with E-state index in [-0.39, 0.29) is 6.04 Å². The number of amides is 1. The van der Waals surface area contributed by atoms with E-state index in [2.05, 4.69) is 5.10 Å². The third-order valence-electron chi connectivity index (χ3n) is 5.22. The summed E-state index contributed by atoms with van der Waals surface area (Å²) in [6, 6.07) is 6.87. The standard InChI is InChI=1S/C23H26N4O5/c1-23(2,3)32-22(30)26(17-8-9-17)19-11-18(25-20-16(13-28)12-24-27(19)20)14-6-5-7-15(10-14)21(29)31-4/h5-7,10-13,16-17,20H,8-9H2,1-4H3. The van der Waals surface area contributed by atoms with Crippen LogP contribution < -0.4 is 0 Å². The van der Waals surface area contributed by atoms with Crippen LogP contribution in [0.15, 0.2) is 46.3 Å². The predicted molar refractivity (Wildman–Crippen MR) is 117 cm³/mol. The number of rotatable bonds is 5. The zero-order chi connectivity index (χ0) is 23.0. The van der Waals surface area contributed by atoms with Crippen molar-refractivity contribution in [2.75, 3.05) is 7.11 Å². The molecule has 1 aliphatic carbocycles. The van der Waals surface area contributed by atoms with E-state index in [0.717, 1.165) is 19.1 Å². The lowest BCUT2D eigenvalue weighted by atomic mass is 10.0. The molecule has 1 aromatic rings. The number of hydrogen-bond donors (Lipinski definition) is 0. The minimum absolute atomic E-state index is 0.0111. The first-order chi connectivity index (χ1) is 15.2. The summed E-state index contributed by atoms with van der Waals surface area (Å²) in [5, 5.41) is 5.96. The molecule has 1 saturated carbocycles. The van der Waals surface area contributed by atoms with Gasteiger partial charge in [-0.25, -0.2) is 14.6 Å². The van der Waals surface area contributed by atoms with Gasteiger partial charge in [-0.05, 0) is 45.7 Å². The smallest absolute Gasteiger partial charge is 0.416 e. The largest absolute Gasteiger partial charge is 0.465 e. The van der Waals surface area contributed by atoms with Crippen molar-refractivity contribution in [1.29, 1.82) is 0 Å². The summed E-state index contributed by atoms with van der Waals surface area (Å²) < 4.78 is 10.5. The van der Waals surface area contributed by atoms with E-state index in [1.807, 2.05) is 26.8 Å². The Morgan fingerprint density at radius 1 is 1.25 bits per heavy atom. The van der Waals surface area contributed by atoms with E-state index in [4.69, 9.17) is 14.5 Å². The lowest BCUT2D eigenvalue weighted by molar-refractivity contribution is -0.110. The highest BCUT2D eigenvalue weighted by Gasteiger charge is 2.45. The number of aliphatic imine (C=N–C) groups is 1. The Morgan fingerprint density at radius 2 is 2.00 bits per heavy atom. The van der Waals surface area contributed by atoms with Crippen molar-refractivity contribution >= 4 is 30.3 Å². The van der Waals surface area contributed by atoms with Crippen molar-refractivity contribution < 1.29 is 23.9 Å². The zero-order valence-corrected chi connectivity index (χ0v) is 18.5. The molecule has 2 heterocycles. The topological polar surface area (TPSA) is 101 Å². The van der Waals surface area contributed by atoms with E-state index >= 15 is 0 Å². The SMILES string of the molecule is COC(=O)c1cccc(C2=NC3C(C=O)C=NN3C(N(C(=O)OC(C)(C)C)C3CC3)=C2)c1. The molecule has 2 atom stereocenters. The van der Waals surface area contributed by atoms with Crippen LogP contribution in [0.2, 0.25) is 0 Å². The van der Waals surface area contributed by atoms with Crippen LogP contribution in [0.4, 0.5) is 4.79 Å². The van der Waals surface area contributed by atoms with Crippen LogP contribution in [0, 0.1) is 5.92 Å². The van der Waals surface area contributed by atoms with Gasteiger partial charge in [0.25, 0.3) is 0 Å². The fourth-order valence-corrected chi connectivity index (χ4v) is 3.60. The highest BCUT2D eigenvalue weighted by molar-refractivity contribution is 6.11. The Balaban J connectivity index is 1.77. The highest BCUT2D eigenvalue weighted by Crippen LogP contribution is 2.37. The fraction of sp³-hybridized carbons (Fsp3) is 0.435. The van der Waals surface area contributed by atoms with Gasteiger partial charge in [-0.2, -0.15) is 5.10 Å². The fourth-order valence-electron chi connectivity index (χ4n) is 3.60. The quantitative estimate of drug-likeness (QED) is 0.518. The lowest BCUT2D eigenvalue weighted by Gasteiger charge is -2.36. The first-order valence-corrected chi connectivity index (χ1v) is 10.5. The number of aldehydes is 1. The number of benzene rings is 1. The number of hydrazone groups is 1. The number of nitrogens with zero attached hydrogens (tertiary/aromatic N) is 4. The zero-order valence-electron chi connectivity index (χ0n) is 18.5. The van der Waals surface area contributed by atoms with Crippen LogP contribution in [0.25, 0.3) is 0 Å². The number of ether oxygens (including phenoxy) is 2. The van der Waals surface area contributed by atoms with Crippen LogP contribution in [0.3, 0.4) is 0 Å². The van der Waals surface area contributed by atoms with Crippen molar-refractivity contribution in [3.63, 3.8) is 0 Å². The summed E-state index contributed by atoms with van der Waals surface area (Å²) in [6.07, 6.45) is 4.67. The van der Waals surface area contributed by atoms with Gasteiger partial charge in [0.05, 0.1) is 24.3 Å². The van der Waals surface area contributed by atoms with Gasteiger partial charge in [-0.15, -0.1) is 0 Å². The maximum atomic E-state index is 13.1. The molecule has 1 fully saturated rings. The van der Waals surface area contributed by atoms with Gasteiger partial charge in [0.1, 0.15) is 17.7 Å². The summed E-state index contributed by atoms with van der Waals surface area (Å²) >= 11 is 0. The maximum absolute atomic E-state index is 13.1. The molecule has 0 bridgehead atoms. The second-order valence-corrected chi connectivity index (χ2v) is 8.91. The van der Waals surface area contributed by atoms with E-state index in [1.54, 1.807) is 34.2 Å². The molecule has 0 spiro atoms. The number of allylic oxidation sites excluding steroid dienone is 1. The molecule has 0 saturated heterocycles. The van der Waals surface area contributed by atoms with E-state index in [9.17, 15) is 14.4 Å². The van der Waals surface area contributed by atoms with E-state index in [1.165, 1.54) is 13.3 Å². The van der Waals surface area contributed by atoms with E-state index < -0.39 is 29.7 Å². The summed E-state index contributed by atoms with van der Waals surface area (Å²) in [4.78, 5) is 43.1. The van der Waals surface area contributed by atoms with Gasteiger partial charge in [0, 0.05) is 23.9 Å². The third kappa shape index (κ3) is 4.28. The third-order valence-corrected chi connectivity index (χ3v) is 5.22. The molecule has 0 radical (unpaired) electrons. The van der Waals surface area contributed by atoms with Gasteiger partial charge in [0.15, 0.2) is 6.17 Å². The monoisotopic (exact) mass is 438 g/mol. The number of carbonyl (C=O) groups is 3. The first-order valence-electron chi connectivity index (χ1n) is 10.5. The van der Waals surface area contributed by atoms with Crippen LogP contribution in [-0.2, 0) is 14.3 Å². The molecule has 32 heavy (non-hydrogen) atoms. The molecular weight excluding hydrogens is 412 g/mol. The second kappa shape index (κ2) is 8.22. The van der Waals surface area contributed by atoms with Gasteiger partial charge >= 0.3 is 12.1 Å². The summed E-state index contributed by atoms with van der Waals surface area (Å²) in [5.74, 6) is -0.518. The van der Waals surface area contributed by atoms with Crippen molar-refractivity contribution in [2.24, 2.45) is 16.0 Å². The van der Waals surface area contributed by atoms with Crippen molar-refractivity contribution in [1.82, 2.24) is 9.91 Å². The number of hydrogen-bond acceptors (Lipinski definition) is 8. The molecule has 2 unspecified atom stereocenters. The van der Waals surface area contributed by atoms with Crippen LogP contribution in [0.1, 0.15) is 49.5 Å². The molecule has 9 nitrogen and oxygen atoms in total. The minimum atomic E-state index is -0.662. The van der Waals surface area contributed by atoms with Crippen LogP contribution >= 0.6 is 0 Å². The Bertz CT molecular complexity index is 1040. The van der Waals surface area contributed by atoms with Crippen molar-refractivity contribution in [3.8, 4) is 0 Å². The first kappa shape index (κ1) is 21.7. The van der Waals surface area contributed by atoms with Gasteiger partial charge < -0.3 is 14.3 Å². The average Bonchev–Trinajstić information content (AvgIpc) is 3.49. The number of methoxy groups -OCH3 is 1. The molecule has 1 aromatic carbocycles. The minimum Gasteiger partial charge on any atom is -0.465 e. The number of esters is 1. The highest BCUT2D eigenvalue weighted by atomic mass is 16.6. The number of fused-ring (bicyclic) bond motifs is 1. The Kier molecular flexibility index (Phi) is 5.58. The van der Waals surface area contributed by atoms with Crippen molar-refractivity contribution in [2.45, 2.75) is 51.4 Å². The Labute approximate surface area is 186 Å². The molecule has 4 rings (SSSR count). The molecule has 2 aliphatic heterocycles. The molecule has 0 N–H and O–H groups in total. The van der Waals surface area contributed by atoms with Crippen LogP contribution in [-0.4, -0.2) is 65.1 Å². The molecule has 9 heteroatoms. The van der Waals surface area contributed by atoms with Crippen molar-refractivity contribution in [3.05, 3.63) is 47.3 Å².